The summed E-state index contributed by atoms with van der Waals surface area (Å²) in [5.41, 5.74) is 3.30. The number of fused-ring (bicyclic) bond motifs is 1. The quantitative estimate of drug-likeness (QED) is 0.491. The lowest BCUT2D eigenvalue weighted by Gasteiger charge is -2.11. The predicted molar refractivity (Wildman–Crippen MR) is 111 cm³/mol. The van der Waals surface area contributed by atoms with E-state index in [1.807, 2.05) is 36.4 Å². The molecule has 0 aliphatic rings. The molecule has 0 aliphatic heterocycles. The highest BCUT2D eigenvalue weighted by Gasteiger charge is 2.12. The second-order valence-electron chi connectivity index (χ2n) is 6.22. The Morgan fingerprint density at radius 2 is 1.69 bits per heavy atom. The Balaban J connectivity index is 1.50. The number of carbonyl (C=O) groups is 1. The molecule has 1 heterocycles. The van der Waals surface area contributed by atoms with Gasteiger partial charge in [-0.15, -0.1) is 0 Å². The second kappa shape index (κ2) is 7.93. The van der Waals surface area contributed by atoms with E-state index in [9.17, 15) is 4.79 Å². The monoisotopic (exact) mass is 389 g/mol. The molecule has 2 N–H and O–H groups in total. The predicted octanol–water partition coefficient (Wildman–Crippen LogP) is 4.84. The minimum absolute atomic E-state index is 0.259. The van der Waals surface area contributed by atoms with Crippen LogP contribution in [0.1, 0.15) is 10.4 Å². The van der Waals surface area contributed by atoms with Crippen LogP contribution in [-0.4, -0.2) is 25.1 Å². The first-order valence-electron chi connectivity index (χ1n) is 8.92. The van der Waals surface area contributed by atoms with Crippen LogP contribution in [0.4, 0.5) is 17.4 Å². The van der Waals surface area contributed by atoms with Gasteiger partial charge in [-0.05, 0) is 48.5 Å². The summed E-state index contributed by atoms with van der Waals surface area (Å²) < 4.78 is 16.1. The fraction of sp³-hybridized carbons (Fsp3) is 0.0909. The van der Waals surface area contributed by atoms with Crippen molar-refractivity contribution in [3.63, 3.8) is 0 Å². The highest BCUT2D eigenvalue weighted by atomic mass is 16.5. The van der Waals surface area contributed by atoms with E-state index >= 15 is 0 Å². The number of anilines is 3. The van der Waals surface area contributed by atoms with Crippen molar-refractivity contribution < 1.29 is 18.7 Å². The van der Waals surface area contributed by atoms with Crippen molar-refractivity contribution in [3.8, 4) is 11.5 Å². The van der Waals surface area contributed by atoms with E-state index < -0.39 is 0 Å². The molecule has 0 fully saturated rings. The summed E-state index contributed by atoms with van der Waals surface area (Å²) in [4.78, 5) is 17.0. The van der Waals surface area contributed by atoms with Gasteiger partial charge in [-0.1, -0.05) is 18.2 Å². The van der Waals surface area contributed by atoms with Crippen LogP contribution in [0.2, 0.25) is 0 Å². The molecule has 0 aliphatic carbocycles. The first-order chi connectivity index (χ1) is 14.2. The Kier molecular flexibility index (Phi) is 5.03. The zero-order valence-corrected chi connectivity index (χ0v) is 15.9. The fourth-order valence-corrected chi connectivity index (χ4v) is 2.90. The average Bonchev–Trinajstić information content (AvgIpc) is 3.15. The highest BCUT2D eigenvalue weighted by molar-refractivity contribution is 6.04. The SMILES string of the molecule is COc1ccc(C(=O)Nc2cccc(Nc3nc4ccccc4o3)c2)cc1OC. The van der Waals surface area contributed by atoms with Gasteiger partial charge in [0.05, 0.1) is 14.2 Å². The standard InChI is InChI=1S/C22H19N3O4/c1-27-19-11-10-14(12-20(19)28-2)21(26)23-15-6-5-7-16(13-15)24-22-25-17-8-3-4-9-18(17)29-22/h3-13H,1-2H3,(H,23,26)(H,24,25). The highest BCUT2D eigenvalue weighted by Crippen LogP contribution is 2.28. The summed E-state index contributed by atoms with van der Waals surface area (Å²) in [6.45, 7) is 0. The zero-order chi connectivity index (χ0) is 20.2. The number of methoxy groups -OCH3 is 2. The van der Waals surface area contributed by atoms with E-state index in [4.69, 9.17) is 13.9 Å². The van der Waals surface area contributed by atoms with Crippen molar-refractivity contribution in [1.29, 1.82) is 0 Å². The molecule has 4 aromatic rings. The topological polar surface area (TPSA) is 85.6 Å². The molecule has 0 saturated heterocycles. The molecule has 0 atom stereocenters. The lowest BCUT2D eigenvalue weighted by atomic mass is 10.1. The van der Waals surface area contributed by atoms with E-state index in [0.717, 1.165) is 11.2 Å². The Labute approximate surface area is 167 Å². The number of carbonyl (C=O) groups excluding carboxylic acids is 1. The summed E-state index contributed by atoms with van der Waals surface area (Å²) in [6, 6.07) is 20.2. The number of rotatable bonds is 6. The normalized spacial score (nSPS) is 10.6. The van der Waals surface area contributed by atoms with Crippen molar-refractivity contribution in [3.05, 3.63) is 72.3 Å². The third-order valence-corrected chi connectivity index (χ3v) is 4.31. The van der Waals surface area contributed by atoms with Crippen LogP contribution in [0.15, 0.2) is 71.1 Å². The Morgan fingerprint density at radius 3 is 2.48 bits per heavy atom. The van der Waals surface area contributed by atoms with Crippen molar-refractivity contribution in [2.24, 2.45) is 0 Å². The number of aromatic nitrogens is 1. The molecule has 29 heavy (non-hydrogen) atoms. The summed E-state index contributed by atoms with van der Waals surface area (Å²) in [5.74, 6) is 0.796. The summed E-state index contributed by atoms with van der Waals surface area (Å²) >= 11 is 0. The van der Waals surface area contributed by atoms with Crippen LogP contribution in [0.5, 0.6) is 11.5 Å². The summed E-state index contributed by atoms with van der Waals surface area (Å²) in [7, 11) is 3.08. The molecule has 4 rings (SSSR count). The number of para-hydroxylation sites is 2. The number of nitrogens with zero attached hydrogens (tertiary/aromatic N) is 1. The molecule has 0 spiro atoms. The molecule has 7 nitrogen and oxygen atoms in total. The van der Waals surface area contributed by atoms with E-state index in [1.165, 1.54) is 7.11 Å². The van der Waals surface area contributed by atoms with Crippen LogP contribution < -0.4 is 20.1 Å². The molecule has 146 valence electrons. The first-order valence-corrected chi connectivity index (χ1v) is 8.92. The van der Waals surface area contributed by atoms with Gasteiger partial charge in [0.15, 0.2) is 17.1 Å². The van der Waals surface area contributed by atoms with E-state index in [-0.39, 0.29) is 5.91 Å². The number of hydrogen-bond acceptors (Lipinski definition) is 6. The van der Waals surface area contributed by atoms with Crippen LogP contribution in [-0.2, 0) is 0 Å². The largest absolute Gasteiger partial charge is 0.493 e. The van der Waals surface area contributed by atoms with Gasteiger partial charge in [0.2, 0.25) is 0 Å². The minimum Gasteiger partial charge on any atom is -0.493 e. The van der Waals surface area contributed by atoms with Gasteiger partial charge in [0.1, 0.15) is 5.52 Å². The lowest BCUT2D eigenvalue weighted by molar-refractivity contribution is 0.102. The third-order valence-electron chi connectivity index (χ3n) is 4.31. The van der Waals surface area contributed by atoms with Gasteiger partial charge < -0.3 is 24.5 Å². The third kappa shape index (κ3) is 3.98. The van der Waals surface area contributed by atoms with Crippen LogP contribution in [0.3, 0.4) is 0 Å². The molecule has 0 bridgehead atoms. The molecule has 0 unspecified atom stereocenters. The van der Waals surface area contributed by atoms with Gasteiger partial charge in [-0.2, -0.15) is 4.98 Å². The number of ether oxygens (including phenoxy) is 2. The Hall–Kier alpha value is -4.00. The van der Waals surface area contributed by atoms with Crippen LogP contribution >= 0.6 is 0 Å². The number of hydrogen-bond donors (Lipinski definition) is 2. The lowest BCUT2D eigenvalue weighted by Crippen LogP contribution is -2.12. The van der Waals surface area contributed by atoms with Crippen molar-refractivity contribution in [1.82, 2.24) is 4.98 Å². The van der Waals surface area contributed by atoms with Gasteiger partial charge in [-0.25, -0.2) is 0 Å². The maximum absolute atomic E-state index is 12.6. The second-order valence-corrected chi connectivity index (χ2v) is 6.22. The zero-order valence-electron chi connectivity index (χ0n) is 15.9. The van der Waals surface area contributed by atoms with Crippen molar-refractivity contribution in [2.45, 2.75) is 0 Å². The summed E-state index contributed by atoms with van der Waals surface area (Å²) in [5, 5.41) is 5.99. The number of amides is 1. The van der Waals surface area contributed by atoms with E-state index in [2.05, 4.69) is 15.6 Å². The van der Waals surface area contributed by atoms with Gasteiger partial charge in [0, 0.05) is 16.9 Å². The summed E-state index contributed by atoms with van der Waals surface area (Å²) in [6.07, 6.45) is 0. The number of benzene rings is 3. The number of oxazole rings is 1. The molecule has 1 aromatic heterocycles. The molecule has 1 amide bonds. The van der Waals surface area contributed by atoms with Gasteiger partial charge >= 0.3 is 0 Å². The number of nitrogens with one attached hydrogen (secondary N) is 2. The molecular weight excluding hydrogens is 370 g/mol. The van der Waals surface area contributed by atoms with Crippen molar-refractivity contribution in [2.75, 3.05) is 24.9 Å². The van der Waals surface area contributed by atoms with Crippen molar-refractivity contribution >= 4 is 34.4 Å². The Morgan fingerprint density at radius 1 is 0.897 bits per heavy atom. The van der Waals surface area contributed by atoms with Crippen LogP contribution in [0.25, 0.3) is 11.1 Å². The molecule has 0 radical (unpaired) electrons. The molecule has 7 heteroatoms. The maximum Gasteiger partial charge on any atom is 0.300 e. The van der Waals surface area contributed by atoms with Gasteiger partial charge in [0.25, 0.3) is 11.9 Å². The average molecular weight is 389 g/mol. The first kappa shape index (κ1) is 18.4. The smallest absolute Gasteiger partial charge is 0.300 e. The molecule has 0 saturated carbocycles. The van der Waals surface area contributed by atoms with Gasteiger partial charge in [-0.3, -0.25) is 4.79 Å². The molecular formula is C22H19N3O4. The van der Waals surface area contributed by atoms with Crippen LogP contribution in [0, 0.1) is 0 Å². The fourth-order valence-electron chi connectivity index (χ4n) is 2.90. The minimum atomic E-state index is -0.259. The maximum atomic E-state index is 12.6. The molecule has 3 aromatic carbocycles. The Bertz CT molecular complexity index is 1140. The van der Waals surface area contributed by atoms with E-state index in [0.29, 0.717) is 34.3 Å². The van der Waals surface area contributed by atoms with E-state index in [1.54, 1.807) is 37.4 Å².